The summed E-state index contributed by atoms with van der Waals surface area (Å²) in [7, 11) is -2.42. The number of hydrogen-bond donors (Lipinski definition) is 1. The van der Waals surface area contributed by atoms with E-state index in [1.165, 1.54) is 0 Å². The molecule has 0 aliphatic carbocycles. The molecule has 0 radical (unpaired) electrons. The topological polar surface area (TPSA) is 46.5 Å². The van der Waals surface area contributed by atoms with E-state index in [1.807, 2.05) is 42.5 Å². The molecule has 0 aliphatic rings. The maximum absolute atomic E-state index is 12.6. The zero-order chi connectivity index (χ0) is 15.4. The molecule has 0 aromatic heterocycles. The summed E-state index contributed by atoms with van der Waals surface area (Å²) < 4.78 is 18.2. The fourth-order valence-corrected chi connectivity index (χ4v) is 3.34. The van der Waals surface area contributed by atoms with Crippen LogP contribution in [0.3, 0.4) is 0 Å². The molecule has 0 fully saturated rings. The Morgan fingerprint density at radius 3 is 2.14 bits per heavy atom. The summed E-state index contributed by atoms with van der Waals surface area (Å²) in [5.74, 6) is 0.793. The SMILES string of the molecule is O=[PH](Oc1ccccc1)c1ccccc1-c1ccc(O)cc1. The second-order valence-electron chi connectivity index (χ2n) is 4.80. The van der Waals surface area contributed by atoms with Crippen LogP contribution in [0.15, 0.2) is 78.9 Å². The van der Waals surface area contributed by atoms with Crippen molar-refractivity contribution in [2.75, 3.05) is 0 Å². The van der Waals surface area contributed by atoms with Crippen LogP contribution in [-0.2, 0) is 4.57 Å². The van der Waals surface area contributed by atoms with Crippen LogP contribution in [0.1, 0.15) is 0 Å². The molecule has 1 unspecified atom stereocenters. The zero-order valence-corrected chi connectivity index (χ0v) is 12.8. The number of rotatable bonds is 4. The van der Waals surface area contributed by atoms with Crippen molar-refractivity contribution in [3.8, 4) is 22.6 Å². The first kappa shape index (κ1) is 14.4. The van der Waals surface area contributed by atoms with Crippen LogP contribution in [0.5, 0.6) is 11.5 Å². The third-order valence-electron chi connectivity index (χ3n) is 3.28. The lowest BCUT2D eigenvalue weighted by Crippen LogP contribution is -2.04. The summed E-state index contributed by atoms with van der Waals surface area (Å²) in [6.45, 7) is 0. The summed E-state index contributed by atoms with van der Waals surface area (Å²) in [6.07, 6.45) is 0. The second kappa shape index (κ2) is 6.50. The minimum atomic E-state index is -2.42. The first-order valence-electron chi connectivity index (χ1n) is 6.90. The maximum atomic E-state index is 12.6. The van der Waals surface area contributed by atoms with Crippen LogP contribution in [0.25, 0.3) is 11.1 Å². The fourth-order valence-electron chi connectivity index (χ4n) is 2.20. The van der Waals surface area contributed by atoms with E-state index >= 15 is 0 Å². The van der Waals surface area contributed by atoms with Gasteiger partial charge in [-0.25, -0.2) is 0 Å². The van der Waals surface area contributed by atoms with Gasteiger partial charge in [-0.1, -0.05) is 48.5 Å². The monoisotopic (exact) mass is 310 g/mol. The Balaban J connectivity index is 1.94. The van der Waals surface area contributed by atoms with Crippen LogP contribution >= 0.6 is 8.03 Å². The highest BCUT2D eigenvalue weighted by Crippen LogP contribution is 2.31. The van der Waals surface area contributed by atoms with Gasteiger partial charge in [0.15, 0.2) is 0 Å². The number of aromatic hydroxyl groups is 1. The number of phenols is 1. The van der Waals surface area contributed by atoms with Crippen LogP contribution in [0.4, 0.5) is 0 Å². The molecule has 3 aromatic carbocycles. The van der Waals surface area contributed by atoms with Gasteiger partial charge in [0.25, 0.3) is 8.03 Å². The first-order chi connectivity index (χ1) is 10.7. The second-order valence-corrected chi connectivity index (χ2v) is 6.11. The number of para-hydroxylation sites is 1. The van der Waals surface area contributed by atoms with Crippen LogP contribution in [0.2, 0.25) is 0 Å². The van der Waals surface area contributed by atoms with Crippen molar-refractivity contribution in [2.24, 2.45) is 0 Å². The zero-order valence-electron chi connectivity index (χ0n) is 11.8. The highest BCUT2D eigenvalue weighted by atomic mass is 31.1. The molecule has 0 spiro atoms. The van der Waals surface area contributed by atoms with Gasteiger partial charge in [-0.05, 0) is 41.5 Å². The predicted molar refractivity (Wildman–Crippen MR) is 89.2 cm³/mol. The van der Waals surface area contributed by atoms with E-state index < -0.39 is 8.03 Å². The van der Waals surface area contributed by atoms with Gasteiger partial charge in [-0.2, -0.15) is 0 Å². The van der Waals surface area contributed by atoms with Crippen molar-refractivity contribution in [1.82, 2.24) is 0 Å². The molecule has 1 N–H and O–H groups in total. The molecule has 110 valence electrons. The molecule has 4 heteroatoms. The smallest absolute Gasteiger partial charge is 0.266 e. The molecule has 22 heavy (non-hydrogen) atoms. The average molecular weight is 310 g/mol. The quantitative estimate of drug-likeness (QED) is 0.733. The van der Waals surface area contributed by atoms with E-state index in [-0.39, 0.29) is 5.75 Å². The third kappa shape index (κ3) is 3.21. The average Bonchev–Trinajstić information content (AvgIpc) is 2.56. The van der Waals surface area contributed by atoms with E-state index in [4.69, 9.17) is 4.52 Å². The normalized spacial score (nSPS) is 11.8. The molecule has 3 rings (SSSR count). The molecule has 3 aromatic rings. The third-order valence-corrected chi connectivity index (χ3v) is 4.58. The highest BCUT2D eigenvalue weighted by Gasteiger charge is 2.12. The number of benzene rings is 3. The van der Waals surface area contributed by atoms with Crippen molar-refractivity contribution < 1.29 is 14.2 Å². The lowest BCUT2D eigenvalue weighted by molar-refractivity contribution is 0.475. The largest absolute Gasteiger partial charge is 0.508 e. The Morgan fingerprint density at radius 2 is 1.41 bits per heavy atom. The lowest BCUT2D eigenvalue weighted by atomic mass is 10.1. The Morgan fingerprint density at radius 1 is 0.773 bits per heavy atom. The maximum Gasteiger partial charge on any atom is 0.266 e. The van der Waals surface area contributed by atoms with Crippen molar-refractivity contribution in [2.45, 2.75) is 0 Å². The van der Waals surface area contributed by atoms with Crippen LogP contribution < -0.4 is 9.83 Å². The van der Waals surface area contributed by atoms with E-state index in [9.17, 15) is 9.67 Å². The summed E-state index contributed by atoms with van der Waals surface area (Å²) in [4.78, 5) is 0. The summed E-state index contributed by atoms with van der Waals surface area (Å²) >= 11 is 0. The lowest BCUT2D eigenvalue weighted by Gasteiger charge is -2.11. The minimum absolute atomic E-state index is 0.203. The van der Waals surface area contributed by atoms with Crippen molar-refractivity contribution >= 4 is 13.3 Å². The summed E-state index contributed by atoms with van der Waals surface area (Å²) in [5, 5.41) is 10.1. The highest BCUT2D eigenvalue weighted by molar-refractivity contribution is 7.49. The molecule has 0 bridgehead atoms. The Labute approximate surface area is 129 Å². The van der Waals surface area contributed by atoms with Gasteiger partial charge in [0.05, 0.1) is 5.30 Å². The van der Waals surface area contributed by atoms with Crippen molar-refractivity contribution in [3.05, 3.63) is 78.9 Å². The van der Waals surface area contributed by atoms with E-state index in [1.54, 1.807) is 36.4 Å². The number of hydrogen-bond acceptors (Lipinski definition) is 3. The molecule has 3 nitrogen and oxygen atoms in total. The van der Waals surface area contributed by atoms with Crippen molar-refractivity contribution in [3.63, 3.8) is 0 Å². The Hall–Kier alpha value is -2.51. The van der Waals surface area contributed by atoms with Gasteiger partial charge in [0.2, 0.25) is 0 Å². The van der Waals surface area contributed by atoms with Gasteiger partial charge in [0, 0.05) is 0 Å². The molecule has 0 amide bonds. The van der Waals surface area contributed by atoms with E-state index in [2.05, 4.69) is 0 Å². The molecule has 0 aliphatic heterocycles. The Bertz CT molecular complexity index is 783. The summed E-state index contributed by atoms with van der Waals surface area (Å²) in [6, 6.07) is 23.4. The fraction of sp³-hybridized carbons (Fsp3) is 0. The molecule has 0 saturated heterocycles. The minimum Gasteiger partial charge on any atom is -0.508 e. The molecular formula is C18H15O3P. The molecule has 1 atom stereocenters. The van der Waals surface area contributed by atoms with Gasteiger partial charge in [-0.15, -0.1) is 0 Å². The van der Waals surface area contributed by atoms with Gasteiger partial charge in [0.1, 0.15) is 11.5 Å². The first-order valence-corrected chi connectivity index (χ1v) is 8.21. The van der Waals surface area contributed by atoms with Crippen LogP contribution in [-0.4, -0.2) is 5.11 Å². The summed E-state index contributed by atoms with van der Waals surface area (Å²) in [5.41, 5.74) is 1.74. The predicted octanol–water partition coefficient (Wildman–Crippen LogP) is 4.24. The van der Waals surface area contributed by atoms with E-state index in [0.717, 1.165) is 11.1 Å². The van der Waals surface area contributed by atoms with Crippen LogP contribution in [0, 0.1) is 0 Å². The standard InChI is InChI=1S/C18H15O3P/c19-15-12-10-14(11-13-15)17-8-4-5-9-18(17)22(20)21-16-6-2-1-3-7-16/h1-13,19,22H. The van der Waals surface area contributed by atoms with Gasteiger partial charge in [-0.3, -0.25) is 4.57 Å². The van der Waals surface area contributed by atoms with Crippen molar-refractivity contribution in [1.29, 1.82) is 0 Å². The molecule has 0 heterocycles. The van der Waals surface area contributed by atoms with Gasteiger partial charge >= 0.3 is 0 Å². The Kier molecular flexibility index (Phi) is 4.27. The van der Waals surface area contributed by atoms with E-state index in [0.29, 0.717) is 11.1 Å². The molecule has 0 saturated carbocycles. The molecular weight excluding hydrogens is 295 g/mol. The number of phenolic OH excluding ortho intramolecular Hbond substituents is 1. The van der Waals surface area contributed by atoms with Gasteiger partial charge < -0.3 is 9.63 Å².